The zero-order valence-electron chi connectivity index (χ0n) is 8.48. The fraction of sp³-hybridized carbons (Fsp3) is 0.400. The molecule has 0 aliphatic heterocycles. The van der Waals surface area contributed by atoms with Crippen molar-refractivity contribution in [1.82, 2.24) is 0 Å². The summed E-state index contributed by atoms with van der Waals surface area (Å²) in [6, 6.07) is 6.40. The number of rotatable bonds is 6. The molecule has 1 aromatic carbocycles. The predicted octanol–water partition coefficient (Wildman–Crippen LogP) is 1.75. The van der Waals surface area contributed by atoms with Crippen LogP contribution in [0.1, 0.15) is 12.8 Å². The molecule has 0 atom stereocenters. The van der Waals surface area contributed by atoms with Crippen LogP contribution in [0.2, 0.25) is 0 Å². The summed E-state index contributed by atoms with van der Waals surface area (Å²) in [5.41, 5.74) is 6.37. The lowest BCUT2D eigenvalue weighted by atomic mass is 10.2. The van der Waals surface area contributed by atoms with Crippen molar-refractivity contribution in [2.75, 3.05) is 18.4 Å². The summed E-state index contributed by atoms with van der Waals surface area (Å²) in [6.45, 7) is 1.54. The van der Waals surface area contributed by atoms with Crippen LogP contribution in [0.4, 0.5) is 11.4 Å². The number of nitro groups is 1. The number of hydrogen-bond acceptors (Lipinski definition) is 4. The number of nitrogens with two attached hydrogens (primary N) is 1. The quantitative estimate of drug-likeness (QED) is 0.425. The molecule has 0 unspecified atom stereocenters. The number of hydrogen-bond donors (Lipinski definition) is 2. The summed E-state index contributed by atoms with van der Waals surface area (Å²) in [6.07, 6.45) is 1.99. The fourth-order valence-electron chi connectivity index (χ4n) is 1.20. The van der Waals surface area contributed by atoms with E-state index in [2.05, 4.69) is 5.32 Å². The van der Waals surface area contributed by atoms with Gasteiger partial charge >= 0.3 is 0 Å². The number of unbranched alkanes of at least 4 members (excludes halogenated alkanes) is 1. The Hall–Kier alpha value is -1.62. The highest BCUT2D eigenvalue weighted by molar-refractivity contribution is 5.48. The first-order valence-corrected chi connectivity index (χ1v) is 4.92. The van der Waals surface area contributed by atoms with Crippen molar-refractivity contribution in [2.45, 2.75) is 12.8 Å². The van der Waals surface area contributed by atoms with Crippen LogP contribution in [0.25, 0.3) is 0 Å². The number of nitro benzene ring substituents is 1. The van der Waals surface area contributed by atoms with Gasteiger partial charge in [-0.15, -0.1) is 0 Å². The van der Waals surface area contributed by atoms with Crippen LogP contribution in [0.15, 0.2) is 24.3 Å². The van der Waals surface area contributed by atoms with Crippen molar-refractivity contribution < 1.29 is 4.92 Å². The SMILES string of the molecule is NCCCCNc1ccc([N+](=O)[O-])cc1. The third kappa shape index (κ3) is 3.95. The molecule has 0 saturated carbocycles. The van der Waals surface area contributed by atoms with Gasteiger partial charge in [0.2, 0.25) is 0 Å². The van der Waals surface area contributed by atoms with Gasteiger partial charge in [0.25, 0.3) is 5.69 Å². The minimum Gasteiger partial charge on any atom is -0.385 e. The minimum atomic E-state index is -0.405. The molecular weight excluding hydrogens is 194 g/mol. The topological polar surface area (TPSA) is 81.2 Å². The number of anilines is 1. The standard InChI is InChI=1S/C10H15N3O2/c11-7-1-2-8-12-9-3-5-10(6-4-9)13(14)15/h3-6,12H,1-2,7-8,11H2. The third-order valence-corrected chi connectivity index (χ3v) is 2.04. The van der Waals surface area contributed by atoms with Crippen LogP contribution in [0.5, 0.6) is 0 Å². The van der Waals surface area contributed by atoms with E-state index in [-0.39, 0.29) is 5.69 Å². The molecule has 1 rings (SSSR count). The number of benzene rings is 1. The minimum absolute atomic E-state index is 0.113. The lowest BCUT2D eigenvalue weighted by molar-refractivity contribution is -0.384. The highest BCUT2D eigenvalue weighted by Gasteiger charge is 2.02. The van der Waals surface area contributed by atoms with Gasteiger partial charge in [-0.1, -0.05) is 0 Å². The predicted molar refractivity (Wildman–Crippen MR) is 59.9 cm³/mol. The molecule has 3 N–H and O–H groups in total. The second-order valence-electron chi connectivity index (χ2n) is 3.23. The molecule has 82 valence electrons. The van der Waals surface area contributed by atoms with E-state index >= 15 is 0 Å². The zero-order chi connectivity index (χ0) is 11.1. The van der Waals surface area contributed by atoms with Crippen LogP contribution in [0, 0.1) is 10.1 Å². The smallest absolute Gasteiger partial charge is 0.269 e. The zero-order valence-corrected chi connectivity index (χ0v) is 8.48. The Kier molecular flexibility index (Phi) is 4.56. The van der Waals surface area contributed by atoms with Crippen molar-refractivity contribution in [3.63, 3.8) is 0 Å². The lowest BCUT2D eigenvalue weighted by Gasteiger charge is -2.04. The van der Waals surface area contributed by atoms with E-state index in [1.165, 1.54) is 12.1 Å². The van der Waals surface area contributed by atoms with E-state index in [4.69, 9.17) is 5.73 Å². The first-order valence-electron chi connectivity index (χ1n) is 4.92. The third-order valence-electron chi connectivity index (χ3n) is 2.04. The molecule has 0 aromatic heterocycles. The van der Waals surface area contributed by atoms with E-state index in [0.717, 1.165) is 25.1 Å². The number of nitrogens with zero attached hydrogens (tertiary/aromatic N) is 1. The van der Waals surface area contributed by atoms with E-state index < -0.39 is 4.92 Å². The van der Waals surface area contributed by atoms with Crippen LogP contribution >= 0.6 is 0 Å². The molecule has 0 bridgehead atoms. The Morgan fingerprint density at radius 2 is 1.93 bits per heavy atom. The van der Waals surface area contributed by atoms with Gasteiger partial charge in [-0.05, 0) is 31.5 Å². The Bertz CT molecular complexity index is 311. The van der Waals surface area contributed by atoms with Crippen molar-refractivity contribution in [2.24, 2.45) is 5.73 Å². The van der Waals surface area contributed by atoms with Crippen LogP contribution in [-0.2, 0) is 0 Å². The summed E-state index contributed by atoms with van der Waals surface area (Å²) in [5.74, 6) is 0. The van der Waals surface area contributed by atoms with Crippen molar-refractivity contribution in [1.29, 1.82) is 0 Å². The number of non-ortho nitro benzene ring substituents is 1. The van der Waals surface area contributed by atoms with Crippen LogP contribution in [0.3, 0.4) is 0 Å². The van der Waals surface area contributed by atoms with Crippen LogP contribution < -0.4 is 11.1 Å². The monoisotopic (exact) mass is 209 g/mol. The summed E-state index contributed by atoms with van der Waals surface area (Å²) in [7, 11) is 0. The van der Waals surface area contributed by atoms with E-state index in [9.17, 15) is 10.1 Å². The maximum Gasteiger partial charge on any atom is 0.269 e. The first-order chi connectivity index (χ1) is 7.24. The lowest BCUT2D eigenvalue weighted by Crippen LogP contribution is -2.05. The molecule has 0 saturated heterocycles. The molecule has 15 heavy (non-hydrogen) atoms. The maximum absolute atomic E-state index is 10.4. The Balaban J connectivity index is 2.39. The summed E-state index contributed by atoms with van der Waals surface area (Å²) in [4.78, 5) is 9.98. The largest absolute Gasteiger partial charge is 0.385 e. The second kappa shape index (κ2) is 5.98. The van der Waals surface area contributed by atoms with Gasteiger partial charge in [0, 0.05) is 24.4 Å². The van der Waals surface area contributed by atoms with Gasteiger partial charge in [-0.3, -0.25) is 10.1 Å². The van der Waals surface area contributed by atoms with Gasteiger partial charge in [0.1, 0.15) is 0 Å². The van der Waals surface area contributed by atoms with E-state index in [1.807, 2.05) is 0 Å². The highest BCUT2D eigenvalue weighted by Crippen LogP contribution is 2.15. The molecule has 5 nitrogen and oxygen atoms in total. The van der Waals surface area contributed by atoms with Gasteiger partial charge < -0.3 is 11.1 Å². The molecule has 0 aliphatic carbocycles. The molecule has 0 spiro atoms. The molecule has 5 heteroatoms. The average Bonchev–Trinajstić information content (AvgIpc) is 2.25. The first kappa shape index (κ1) is 11.5. The molecule has 0 aliphatic rings. The molecule has 0 radical (unpaired) electrons. The molecule has 0 amide bonds. The molecule has 0 fully saturated rings. The molecule has 1 aromatic rings. The maximum atomic E-state index is 10.4. The van der Waals surface area contributed by atoms with Crippen molar-refractivity contribution in [3.05, 3.63) is 34.4 Å². The second-order valence-corrected chi connectivity index (χ2v) is 3.23. The average molecular weight is 209 g/mol. The Morgan fingerprint density at radius 3 is 2.47 bits per heavy atom. The van der Waals surface area contributed by atoms with Gasteiger partial charge in [-0.2, -0.15) is 0 Å². The van der Waals surface area contributed by atoms with E-state index in [1.54, 1.807) is 12.1 Å². The van der Waals surface area contributed by atoms with Gasteiger partial charge in [-0.25, -0.2) is 0 Å². The van der Waals surface area contributed by atoms with Crippen LogP contribution in [-0.4, -0.2) is 18.0 Å². The summed E-state index contributed by atoms with van der Waals surface area (Å²) < 4.78 is 0. The van der Waals surface area contributed by atoms with Crippen molar-refractivity contribution in [3.8, 4) is 0 Å². The molecule has 0 heterocycles. The van der Waals surface area contributed by atoms with Crippen molar-refractivity contribution >= 4 is 11.4 Å². The van der Waals surface area contributed by atoms with Gasteiger partial charge in [0.05, 0.1) is 4.92 Å². The Labute approximate surface area is 88.4 Å². The molecular formula is C10H15N3O2. The van der Waals surface area contributed by atoms with Gasteiger partial charge in [0.15, 0.2) is 0 Å². The Morgan fingerprint density at radius 1 is 1.27 bits per heavy atom. The normalized spacial score (nSPS) is 9.93. The summed E-state index contributed by atoms with van der Waals surface area (Å²) in [5, 5.41) is 13.6. The highest BCUT2D eigenvalue weighted by atomic mass is 16.6. The number of nitrogens with one attached hydrogen (secondary N) is 1. The fourth-order valence-corrected chi connectivity index (χ4v) is 1.20. The summed E-state index contributed by atoms with van der Waals surface area (Å²) >= 11 is 0. The van der Waals surface area contributed by atoms with E-state index in [0.29, 0.717) is 6.54 Å².